The molecule has 1 fully saturated rings. The van der Waals surface area contributed by atoms with Crippen LogP contribution in [-0.2, 0) is 11.3 Å². The van der Waals surface area contributed by atoms with Gasteiger partial charge in [0.1, 0.15) is 11.4 Å². The van der Waals surface area contributed by atoms with Gasteiger partial charge in [0.05, 0.1) is 11.1 Å². The van der Waals surface area contributed by atoms with Crippen molar-refractivity contribution in [1.82, 2.24) is 10.1 Å². The van der Waals surface area contributed by atoms with E-state index in [2.05, 4.69) is 21.1 Å². The molecule has 0 unspecified atom stereocenters. The minimum atomic E-state index is -4.83. The van der Waals surface area contributed by atoms with E-state index in [1.54, 1.807) is 6.07 Å². The standard InChI is InChI=1S/C31H31F3N6O2/c1-18-15-19(22-8-5-4-7-20(22)17-39(2)3)10-12-25(18)40-14-6-9-23(28(35)31(32,33)34)27(30(40)41)37-21-11-13-26-24(16-21)29(36)38-42-26/h4-5,7-8,10-13,15-16H,6,9,14,17,35H2,1-3H3,(H2,36,38). The number of nitrogens with zero attached hydrogens (tertiary/aromatic N) is 4. The molecule has 4 N–H and O–H groups in total. The maximum absolute atomic E-state index is 14.0. The molecular weight excluding hydrogens is 545 g/mol. The summed E-state index contributed by atoms with van der Waals surface area (Å²) in [7, 11) is 4.01. The fourth-order valence-electron chi connectivity index (χ4n) is 5.22. The molecule has 11 heteroatoms. The zero-order valence-electron chi connectivity index (χ0n) is 23.5. The van der Waals surface area contributed by atoms with Crippen molar-refractivity contribution >= 4 is 39.8 Å². The fraction of sp³-hybridized carbons (Fsp3) is 0.258. The summed E-state index contributed by atoms with van der Waals surface area (Å²) >= 11 is 0. The second kappa shape index (κ2) is 11.3. The zero-order chi connectivity index (χ0) is 30.2. The molecule has 218 valence electrons. The smallest absolute Gasteiger partial charge is 0.394 e. The Kier molecular flexibility index (Phi) is 7.79. The van der Waals surface area contributed by atoms with Gasteiger partial charge in [-0.25, -0.2) is 4.99 Å². The number of hydrogen-bond acceptors (Lipinski definition) is 7. The van der Waals surface area contributed by atoms with Crippen LogP contribution in [0.4, 0.5) is 30.4 Å². The van der Waals surface area contributed by atoms with E-state index in [9.17, 15) is 18.0 Å². The van der Waals surface area contributed by atoms with Crippen molar-refractivity contribution in [2.75, 3.05) is 31.3 Å². The van der Waals surface area contributed by atoms with Gasteiger partial charge in [-0.2, -0.15) is 13.2 Å². The van der Waals surface area contributed by atoms with E-state index >= 15 is 0 Å². The normalized spacial score (nSPS) is 16.9. The molecule has 1 aliphatic rings. The van der Waals surface area contributed by atoms with Crippen molar-refractivity contribution in [3.63, 3.8) is 0 Å². The Morgan fingerprint density at radius 2 is 1.88 bits per heavy atom. The molecule has 1 amide bonds. The van der Waals surface area contributed by atoms with E-state index in [1.807, 2.05) is 57.4 Å². The third-order valence-corrected chi connectivity index (χ3v) is 7.20. The molecule has 1 saturated heterocycles. The van der Waals surface area contributed by atoms with Gasteiger partial charge in [-0.1, -0.05) is 35.5 Å². The number of nitrogen functional groups attached to an aromatic ring is 1. The van der Waals surface area contributed by atoms with Crippen LogP contribution in [0.3, 0.4) is 0 Å². The van der Waals surface area contributed by atoms with Gasteiger partial charge in [0, 0.05) is 24.4 Å². The molecular formula is C31H31F3N6O2. The third kappa shape index (κ3) is 5.73. The third-order valence-electron chi connectivity index (χ3n) is 7.20. The first-order valence-corrected chi connectivity index (χ1v) is 13.4. The highest BCUT2D eigenvalue weighted by atomic mass is 19.4. The molecule has 0 radical (unpaired) electrons. The number of rotatable bonds is 5. The number of amides is 1. The van der Waals surface area contributed by atoms with Crippen LogP contribution in [0.5, 0.6) is 0 Å². The molecule has 1 aromatic heterocycles. The van der Waals surface area contributed by atoms with E-state index in [0.29, 0.717) is 16.7 Å². The van der Waals surface area contributed by atoms with Crippen LogP contribution in [0.1, 0.15) is 24.0 Å². The quantitative estimate of drug-likeness (QED) is 0.296. The Balaban J connectivity index is 1.59. The van der Waals surface area contributed by atoms with Crippen LogP contribution in [-0.4, -0.2) is 48.5 Å². The van der Waals surface area contributed by atoms with Crippen LogP contribution >= 0.6 is 0 Å². The van der Waals surface area contributed by atoms with Gasteiger partial charge in [-0.15, -0.1) is 0 Å². The summed E-state index contributed by atoms with van der Waals surface area (Å²) in [5.41, 5.74) is 14.6. The van der Waals surface area contributed by atoms with Gasteiger partial charge in [0.2, 0.25) is 0 Å². The van der Waals surface area contributed by atoms with Crippen LogP contribution in [0.15, 0.2) is 81.4 Å². The lowest BCUT2D eigenvalue weighted by Crippen LogP contribution is -2.37. The molecule has 0 saturated carbocycles. The topological polar surface area (TPSA) is 114 Å². The number of carbonyl (C=O) groups excluding carboxylic acids is 1. The van der Waals surface area contributed by atoms with Crippen LogP contribution in [0, 0.1) is 6.92 Å². The number of fused-ring (bicyclic) bond motifs is 1. The molecule has 2 heterocycles. The number of nitrogens with two attached hydrogens (primary N) is 2. The Morgan fingerprint density at radius 3 is 2.60 bits per heavy atom. The Hall–Kier alpha value is -4.64. The Labute approximate surface area is 241 Å². The van der Waals surface area contributed by atoms with Crippen molar-refractivity contribution in [3.8, 4) is 11.1 Å². The van der Waals surface area contributed by atoms with E-state index in [0.717, 1.165) is 28.8 Å². The molecule has 3 aromatic carbocycles. The summed E-state index contributed by atoms with van der Waals surface area (Å²) in [6.07, 6.45) is -4.63. The first-order chi connectivity index (χ1) is 19.9. The molecule has 0 aliphatic carbocycles. The molecule has 42 heavy (non-hydrogen) atoms. The average Bonchev–Trinajstić information content (AvgIpc) is 3.23. The second-order valence-electron chi connectivity index (χ2n) is 10.6. The van der Waals surface area contributed by atoms with Crippen molar-refractivity contribution in [2.45, 2.75) is 32.5 Å². The number of aliphatic imine (C=N–C) groups is 1. The summed E-state index contributed by atoms with van der Waals surface area (Å²) in [5, 5.41) is 4.13. The Morgan fingerprint density at radius 1 is 1.12 bits per heavy atom. The highest BCUT2D eigenvalue weighted by Crippen LogP contribution is 2.35. The number of aryl methyl sites for hydroxylation is 1. The number of aromatic nitrogens is 1. The van der Waals surface area contributed by atoms with Gasteiger partial charge < -0.3 is 25.8 Å². The maximum atomic E-state index is 14.0. The summed E-state index contributed by atoms with van der Waals surface area (Å²) in [6, 6.07) is 18.4. The second-order valence-corrected chi connectivity index (χ2v) is 10.6. The van der Waals surface area contributed by atoms with Crippen LogP contribution in [0.25, 0.3) is 22.1 Å². The lowest BCUT2D eigenvalue weighted by Gasteiger charge is -2.24. The Bertz CT molecular complexity index is 1720. The molecule has 0 spiro atoms. The summed E-state index contributed by atoms with van der Waals surface area (Å²) < 4.78 is 46.6. The zero-order valence-corrected chi connectivity index (χ0v) is 23.5. The first-order valence-electron chi connectivity index (χ1n) is 13.4. The van der Waals surface area contributed by atoms with E-state index in [4.69, 9.17) is 16.0 Å². The van der Waals surface area contributed by atoms with Crippen LogP contribution < -0.4 is 16.4 Å². The highest BCUT2D eigenvalue weighted by Gasteiger charge is 2.39. The van der Waals surface area contributed by atoms with Gasteiger partial charge in [-0.3, -0.25) is 4.79 Å². The molecule has 8 nitrogen and oxygen atoms in total. The number of hydrogen-bond donors (Lipinski definition) is 2. The fourth-order valence-corrected chi connectivity index (χ4v) is 5.22. The van der Waals surface area contributed by atoms with E-state index in [1.165, 1.54) is 17.0 Å². The number of anilines is 2. The number of allylic oxidation sites excluding steroid dienone is 1. The van der Waals surface area contributed by atoms with Crippen molar-refractivity contribution in [3.05, 3.63) is 83.1 Å². The monoisotopic (exact) mass is 576 g/mol. The summed E-state index contributed by atoms with van der Waals surface area (Å²) in [6.45, 7) is 2.83. The predicted octanol–water partition coefficient (Wildman–Crippen LogP) is 6.12. The summed E-state index contributed by atoms with van der Waals surface area (Å²) in [5.74, 6) is -0.564. The maximum Gasteiger partial charge on any atom is 0.431 e. The lowest BCUT2D eigenvalue weighted by molar-refractivity contribution is -0.112. The van der Waals surface area contributed by atoms with Crippen molar-refractivity contribution in [1.29, 1.82) is 0 Å². The number of benzene rings is 3. The van der Waals surface area contributed by atoms with Gasteiger partial charge in [-0.05, 0) is 86.4 Å². The first kappa shape index (κ1) is 28.9. The van der Waals surface area contributed by atoms with Gasteiger partial charge in [0.25, 0.3) is 5.91 Å². The van der Waals surface area contributed by atoms with Gasteiger partial charge in [0.15, 0.2) is 11.4 Å². The minimum absolute atomic E-state index is 0.0703. The molecule has 0 atom stereocenters. The van der Waals surface area contributed by atoms with Gasteiger partial charge >= 0.3 is 6.18 Å². The van der Waals surface area contributed by atoms with Crippen LogP contribution in [0.2, 0.25) is 0 Å². The highest BCUT2D eigenvalue weighted by molar-refractivity contribution is 6.50. The lowest BCUT2D eigenvalue weighted by atomic mass is 9.97. The SMILES string of the molecule is Cc1cc(-c2ccccc2CN(C)C)ccc1N1CCCC(=C(N)C(F)(F)F)C(=Nc2ccc3onc(N)c3c2)C1=O. The van der Waals surface area contributed by atoms with Crippen molar-refractivity contribution < 1.29 is 22.5 Å². The summed E-state index contributed by atoms with van der Waals surface area (Å²) in [4.78, 5) is 22.0. The molecule has 0 bridgehead atoms. The average molecular weight is 577 g/mol. The molecule has 4 aromatic rings. The largest absolute Gasteiger partial charge is 0.431 e. The minimum Gasteiger partial charge on any atom is -0.394 e. The van der Waals surface area contributed by atoms with E-state index < -0.39 is 17.8 Å². The predicted molar refractivity (Wildman–Crippen MR) is 158 cm³/mol. The number of carbonyl (C=O) groups is 1. The van der Waals surface area contributed by atoms with E-state index in [-0.39, 0.29) is 42.2 Å². The molecule has 5 rings (SSSR count). The number of halogens is 3. The van der Waals surface area contributed by atoms with Crippen molar-refractivity contribution in [2.24, 2.45) is 10.7 Å². The molecule has 1 aliphatic heterocycles. The number of alkyl halides is 3.